The Balaban J connectivity index is 1.74. The molecular weight excluding hydrogens is 314 g/mol. The number of nitrogens with zero attached hydrogens (tertiary/aromatic N) is 2. The second-order valence-corrected chi connectivity index (χ2v) is 4.66. The second-order valence-electron chi connectivity index (χ2n) is 3.75. The van der Waals surface area contributed by atoms with Crippen LogP contribution in [0.3, 0.4) is 0 Å². The van der Waals surface area contributed by atoms with Crippen LogP contribution in [0, 0.1) is 6.92 Å². The molecule has 2 rings (SSSR count). The molecule has 7 heteroatoms. The van der Waals surface area contributed by atoms with Gasteiger partial charge in [0.1, 0.15) is 5.75 Å². The van der Waals surface area contributed by atoms with Crippen molar-refractivity contribution in [3.8, 4) is 5.75 Å². The van der Waals surface area contributed by atoms with E-state index in [4.69, 9.17) is 9.26 Å². The standard InChI is InChI=1S/C12H12BrN3O3/c1-8-15-11(16-19-8)6-14-12(17)7-18-10-4-2-9(13)3-5-10/h2-5H,6-7H2,1H3,(H,14,17). The van der Waals surface area contributed by atoms with E-state index >= 15 is 0 Å². The maximum atomic E-state index is 11.5. The molecule has 6 nitrogen and oxygen atoms in total. The van der Waals surface area contributed by atoms with Gasteiger partial charge in [-0.2, -0.15) is 4.98 Å². The third kappa shape index (κ3) is 4.36. The highest BCUT2D eigenvalue weighted by Gasteiger charge is 2.06. The maximum absolute atomic E-state index is 11.5. The number of rotatable bonds is 5. The van der Waals surface area contributed by atoms with Crippen LogP contribution >= 0.6 is 15.9 Å². The zero-order valence-corrected chi connectivity index (χ0v) is 11.8. The molecule has 2 aromatic rings. The zero-order valence-electron chi connectivity index (χ0n) is 10.2. The molecule has 0 atom stereocenters. The molecule has 0 unspecified atom stereocenters. The first kappa shape index (κ1) is 13.5. The summed E-state index contributed by atoms with van der Waals surface area (Å²) < 4.78 is 11.1. The summed E-state index contributed by atoms with van der Waals surface area (Å²) >= 11 is 3.32. The van der Waals surface area contributed by atoms with Crippen LogP contribution < -0.4 is 10.1 Å². The molecule has 1 aromatic carbocycles. The minimum absolute atomic E-state index is 0.0571. The van der Waals surface area contributed by atoms with Gasteiger partial charge in [-0.3, -0.25) is 4.79 Å². The predicted molar refractivity (Wildman–Crippen MR) is 70.5 cm³/mol. The number of halogens is 1. The molecule has 0 bridgehead atoms. The van der Waals surface area contributed by atoms with Gasteiger partial charge in [0, 0.05) is 11.4 Å². The molecule has 0 saturated carbocycles. The molecule has 0 aliphatic carbocycles. The van der Waals surface area contributed by atoms with Crippen molar-refractivity contribution in [2.45, 2.75) is 13.5 Å². The van der Waals surface area contributed by atoms with Gasteiger partial charge in [-0.25, -0.2) is 0 Å². The van der Waals surface area contributed by atoms with Gasteiger partial charge in [-0.05, 0) is 24.3 Å². The number of carbonyl (C=O) groups is 1. The molecule has 0 radical (unpaired) electrons. The van der Waals surface area contributed by atoms with E-state index in [9.17, 15) is 4.79 Å². The lowest BCUT2D eigenvalue weighted by Crippen LogP contribution is -2.28. The summed E-state index contributed by atoms with van der Waals surface area (Å²) in [6.45, 7) is 1.85. The van der Waals surface area contributed by atoms with Crippen molar-refractivity contribution in [2.24, 2.45) is 0 Å². The molecule has 1 N–H and O–H groups in total. The van der Waals surface area contributed by atoms with Crippen molar-refractivity contribution in [3.05, 3.63) is 40.5 Å². The Kier molecular flexibility index (Phi) is 4.51. The van der Waals surface area contributed by atoms with Crippen LogP contribution in [0.25, 0.3) is 0 Å². The van der Waals surface area contributed by atoms with E-state index in [1.165, 1.54) is 0 Å². The largest absolute Gasteiger partial charge is 0.484 e. The van der Waals surface area contributed by atoms with Crippen LogP contribution in [0.15, 0.2) is 33.3 Å². The molecule has 1 aromatic heterocycles. The number of hydrogen-bond acceptors (Lipinski definition) is 5. The molecular formula is C12H12BrN3O3. The summed E-state index contributed by atoms with van der Waals surface area (Å²) in [4.78, 5) is 15.5. The minimum atomic E-state index is -0.245. The number of amides is 1. The summed E-state index contributed by atoms with van der Waals surface area (Å²) in [5.74, 6) is 1.30. The lowest BCUT2D eigenvalue weighted by atomic mass is 10.3. The normalized spacial score (nSPS) is 10.2. The fraction of sp³-hybridized carbons (Fsp3) is 0.250. The van der Waals surface area contributed by atoms with Gasteiger partial charge in [0.2, 0.25) is 5.89 Å². The van der Waals surface area contributed by atoms with E-state index in [2.05, 4.69) is 31.4 Å². The van der Waals surface area contributed by atoms with Gasteiger partial charge >= 0.3 is 0 Å². The first-order valence-corrected chi connectivity index (χ1v) is 6.37. The summed E-state index contributed by atoms with van der Waals surface area (Å²) in [5.41, 5.74) is 0. The minimum Gasteiger partial charge on any atom is -0.484 e. The summed E-state index contributed by atoms with van der Waals surface area (Å²) in [6.07, 6.45) is 0. The molecule has 100 valence electrons. The molecule has 0 aliphatic rings. The van der Waals surface area contributed by atoms with Crippen molar-refractivity contribution >= 4 is 21.8 Å². The van der Waals surface area contributed by atoms with Crippen LogP contribution in [0.1, 0.15) is 11.7 Å². The number of nitrogens with one attached hydrogen (secondary N) is 1. The zero-order chi connectivity index (χ0) is 13.7. The number of ether oxygens (including phenoxy) is 1. The Morgan fingerprint density at radius 2 is 2.16 bits per heavy atom. The monoisotopic (exact) mass is 325 g/mol. The predicted octanol–water partition coefficient (Wildman–Crippen LogP) is 1.84. The second kappa shape index (κ2) is 6.33. The van der Waals surface area contributed by atoms with E-state index in [1.807, 2.05) is 12.1 Å². The summed E-state index contributed by atoms with van der Waals surface area (Å²) in [5, 5.41) is 6.30. The van der Waals surface area contributed by atoms with Gasteiger partial charge < -0.3 is 14.6 Å². The van der Waals surface area contributed by atoms with Crippen LogP contribution in [0.5, 0.6) is 5.75 Å². The lowest BCUT2D eigenvalue weighted by molar-refractivity contribution is -0.123. The highest BCUT2D eigenvalue weighted by molar-refractivity contribution is 9.10. The van der Waals surface area contributed by atoms with Gasteiger partial charge in [-0.1, -0.05) is 21.1 Å². The molecule has 19 heavy (non-hydrogen) atoms. The van der Waals surface area contributed by atoms with Gasteiger partial charge in [-0.15, -0.1) is 0 Å². The number of hydrogen-bond donors (Lipinski definition) is 1. The third-order valence-electron chi connectivity index (χ3n) is 2.20. The SMILES string of the molecule is Cc1nc(CNC(=O)COc2ccc(Br)cc2)no1. The Bertz CT molecular complexity index is 554. The number of aromatic nitrogens is 2. The van der Waals surface area contributed by atoms with Crippen LogP contribution in [-0.2, 0) is 11.3 Å². The smallest absolute Gasteiger partial charge is 0.258 e. The Morgan fingerprint density at radius 1 is 1.42 bits per heavy atom. The van der Waals surface area contributed by atoms with Crippen molar-refractivity contribution in [2.75, 3.05) is 6.61 Å². The lowest BCUT2D eigenvalue weighted by Gasteiger charge is -2.06. The first-order chi connectivity index (χ1) is 9.13. The molecule has 1 amide bonds. The average molecular weight is 326 g/mol. The quantitative estimate of drug-likeness (QED) is 0.907. The molecule has 0 fully saturated rings. The van der Waals surface area contributed by atoms with E-state index in [1.54, 1.807) is 19.1 Å². The van der Waals surface area contributed by atoms with Gasteiger partial charge in [0.15, 0.2) is 12.4 Å². The van der Waals surface area contributed by atoms with Crippen molar-refractivity contribution in [3.63, 3.8) is 0 Å². The van der Waals surface area contributed by atoms with E-state index in [0.29, 0.717) is 17.5 Å². The highest BCUT2D eigenvalue weighted by atomic mass is 79.9. The topological polar surface area (TPSA) is 77.2 Å². The number of aryl methyl sites for hydroxylation is 1. The number of carbonyl (C=O) groups excluding carboxylic acids is 1. The highest BCUT2D eigenvalue weighted by Crippen LogP contribution is 2.15. The molecule has 0 spiro atoms. The fourth-order valence-electron chi connectivity index (χ4n) is 1.32. The van der Waals surface area contributed by atoms with Crippen molar-refractivity contribution in [1.82, 2.24) is 15.5 Å². The van der Waals surface area contributed by atoms with Gasteiger partial charge in [0.05, 0.1) is 6.54 Å². The van der Waals surface area contributed by atoms with Crippen LogP contribution in [0.4, 0.5) is 0 Å². The van der Waals surface area contributed by atoms with Crippen LogP contribution in [0.2, 0.25) is 0 Å². The van der Waals surface area contributed by atoms with Gasteiger partial charge in [0.25, 0.3) is 5.91 Å². The van der Waals surface area contributed by atoms with Crippen molar-refractivity contribution in [1.29, 1.82) is 0 Å². The fourth-order valence-corrected chi connectivity index (χ4v) is 1.59. The molecule has 0 saturated heterocycles. The Labute approximate surface area is 118 Å². The maximum Gasteiger partial charge on any atom is 0.258 e. The van der Waals surface area contributed by atoms with E-state index in [0.717, 1.165) is 4.47 Å². The molecule has 0 aliphatic heterocycles. The Morgan fingerprint density at radius 3 is 2.79 bits per heavy atom. The average Bonchev–Trinajstić information content (AvgIpc) is 2.81. The van der Waals surface area contributed by atoms with Crippen LogP contribution in [-0.4, -0.2) is 22.7 Å². The number of benzene rings is 1. The summed E-state index contributed by atoms with van der Waals surface area (Å²) in [7, 11) is 0. The molecule has 1 heterocycles. The first-order valence-electron chi connectivity index (χ1n) is 5.58. The van der Waals surface area contributed by atoms with E-state index in [-0.39, 0.29) is 19.1 Å². The summed E-state index contributed by atoms with van der Waals surface area (Å²) in [6, 6.07) is 7.24. The Hall–Kier alpha value is -1.89. The van der Waals surface area contributed by atoms with Crippen molar-refractivity contribution < 1.29 is 14.1 Å². The van der Waals surface area contributed by atoms with E-state index < -0.39 is 0 Å². The third-order valence-corrected chi connectivity index (χ3v) is 2.73.